The summed E-state index contributed by atoms with van der Waals surface area (Å²) in [4.78, 5) is 15.9. The quantitative estimate of drug-likeness (QED) is 0.792. The molecule has 0 aliphatic heterocycles. The van der Waals surface area contributed by atoms with Crippen LogP contribution >= 0.6 is 22.9 Å². The number of carbonyl (C=O) groups excluding carboxylic acids is 1. The lowest BCUT2D eigenvalue weighted by atomic mass is 10.2. The molecule has 2 aromatic rings. The highest BCUT2D eigenvalue weighted by Gasteiger charge is 2.13. The summed E-state index contributed by atoms with van der Waals surface area (Å²) in [6, 6.07) is 5.38. The van der Waals surface area contributed by atoms with Gasteiger partial charge in [-0.05, 0) is 25.1 Å². The molecular weight excluding hydrogens is 298 g/mol. The minimum absolute atomic E-state index is 0.181. The van der Waals surface area contributed by atoms with Crippen molar-refractivity contribution in [1.29, 1.82) is 0 Å². The highest BCUT2D eigenvalue weighted by molar-refractivity contribution is 7.13. The predicted octanol–water partition coefficient (Wildman–Crippen LogP) is 3.58. The second-order valence-electron chi connectivity index (χ2n) is 3.97. The Balaban J connectivity index is 2.22. The maximum Gasteiger partial charge on any atom is 0.311 e. The van der Waals surface area contributed by atoms with Crippen molar-refractivity contribution in [2.24, 2.45) is 0 Å². The SMILES string of the molecule is CCOC(=O)Cc1csc(-c2ccc(Cl)cc2OC)n1. The van der Waals surface area contributed by atoms with E-state index in [1.807, 2.05) is 11.4 Å². The van der Waals surface area contributed by atoms with E-state index in [1.54, 1.807) is 26.2 Å². The van der Waals surface area contributed by atoms with Gasteiger partial charge in [-0.2, -0.15) is 0 Å². The van der Waals surface area contributed by atoms with Crippen molar-refractivity contribution < 1.29 is 14.3 Å². The average molecular weight is 312 g/mol. The molecule has 1 heterocycles. The van der Waals surface area contributed by atoms with Crippen LogP contribution in [0.1, 0.15) is 12.6 Å². The van der Waals surface area contributed by atoms with Crippen LogP contribution in [0.5, 0.6) is 5.75 Å². The van der Waals surface area contributed by atoms with Crippen LogP contribution in [-0.4, -0.2) is 24.7 Å². The van der Waals surface area contributed by atoms with E-state index in [4.69, 9.17) is 21.1 Å². The molecule has 0 saturated heterocycles. The van der Waals surface area contributed by atoms with Crippen LogP contribution < -0.4 is 4.74 Å². The van der Waals surface area contributed by atoms with Gasteiger partial charge < -0.3 is 9.47 Å². The Hall–Kier alpha value is -1.59. The average Bonchev–Trinajstić information content (AvgIpc) is 2.87. The van der Waals surface area contributed by atoms with Gasteiger partial charge in [0.1, 0.15) is 10.8 Å². The third-order valence-electron chi connectivity index (χ3n) is 2.58. The Kier molecular flexibility index (Phi) is 4.98. The summed E-state index contributed by atoms with van der Waals surface area (Å²) in [6.45, 7) is 2.16. The van der Waals surface area contributed by atoms with Gasteiger partial charge in [-0.15, -0.1) is 11.3 Å². The van der Waals surface area contributed by atoms with E-state index in [-0.39, 0.29) is 12.4 Å². The number of methoxy groups -OCH3 is 1. The Labute approximate surface area is 126 Å². The molecule has 1 aromatic heterocycles. The Morgan fingerprint density at radius 2 is 2.25 bits per heavy atom. The predicted molar refractivity (Wildman–Crippen MR) is 79.4 cm³/mol. The van der Waals surface area contributed by atoms with Crippen LogP contribution in [0.2, 0.25) is 5.02 Å². The highest BCUT2D eigenvalue weighted by atomic mass is 35.5. The van der Waals surface area contributed by atoms with Gasteiger partial charge in [0.25, 0.3) is 0 Å². The fourth-order valence-electron chi connectivity index (χ4n) is 1.71. The lowest BCUT2D eigenvalue weighted by Gasteiger charge is -2.06. The summed E-state index contributed by atoms with van der Waals surface area (Å²) >= 11 is 7.39. The first-order valence-electron chi connectivity index (χ1n) is 6.08. The molecule has 0 N–H and O–H groups in total. The van der Waals surface area contributed by atoms with Crippen molar-refractivity contribution in [1.82, 2.24) is 4.98 Å². The molecule has 0 aliphatic carbocycles. The molecule has 6 heteroatoms. The van der Waals surface area contributed by atoms with Crippen molar-refractivity contribution in [2.75, 3.05) is 13.7 Å². The topological polar surface area (TPSA) is 48.4 Å². The fraction of sp³-hybridized carbons (Fsp3) is 0.286. The number of nitrogens with zero attached hydrogens (tertiary/aromatic N) is 1. The van der Waals surface area contributed by atoms with Gasteiger partial charge in [-0.1, -0.05) is 11.6 Å². The molecule has 0 fully saturated rings. The van der Waals surface area contributed by atoms with Crippen LogP contribution in [0.3, 0.4) is 0 Å². The fourth-order valence-corrected chi connectivity index (χ4v) is 2.72. The van der Waals surface area contributed by atoms with Crippen LogP contribution in [0, 0.1) is 0 Å². The monoisotopic (exact) mass is 311 g/mol. The number of hydrogen-bond acceptors (Lipinski definition) is 5. The number of halogens is 1. The summed E-state index contributed by atoms with van der Waals surface area (Å²) in [5, 5.41) is 3.24. The zero-order valence-corrected chi connectivity index (χ0v) is 12.8. The molecule has 0 saturated carbocycles. The van der Waals surface area contributed by atoms with Crippen molar-refractivity contribution in [3.8, 4) is 16.3 Å². The zero-order valence-electron chi connectivity index (χ0n) is 11.2. The number of rotatable bonds is 5. The summed E-state index contributed by atoms with van der Waals surface area (Å²) in [5.41, 5.74) is 1.55. The molecule has 0 spiro atoms. The number of carbonyl (C=O) groups is 1. The zero-order chi connectivity index (χ0) is 14.5. The van der Waals surface area contributed by atoms with Gasteiger partial charge in [0.15, 0.2) is 0 Å². The lowest BCUT2D eigenvalue weighted by Crippen LogP contribution is -2.07. The normalized spacial score (nSPS) is 10.3. The Bertz CT molecular complexity index is 612. The summed E-state index contributed by atoms with van der Waals surface area (Å²) in [6.07, 6.45) is 0.181. The third-order valence-corrected chi connectivity index (χ3v) is 3.74. The van der Waals surface area contributed by atoms with Crippen LogP contribution in [-0.2, 0) is 16.0 Å². The summed E-state index contributed by atoms with van der Waals surface area (Å²) in [5.74, 6) is 0.391. The molecule has 4 nitrogen and oxygen atoms in total. The number of benzene rings is 1. The van der Waals surface area contributed by atoms with Gasteiger partial charge in [0.05, 0.1) is 31.4 Å². The van der Waals surface area contributed by atoms with E-state index < -0.39 is 0 Å². The van der Waals surface area contributed by atoms with Crippen LogP contribution in [0.15, 0.2) is 23.6 Å². The second-order valence-corrected chi connectivity index (χ2v) is 5.26. The number of aromatic nitrogens is 1. The first-order valence-corrected chi connectivity index (χ1v) is 7.33. The second kappa shape index (κ2) is 6.72. The minimum atomic E-state index is -0.271. The van der Waals surface area contributed by atoms with E-state index in [0.29, 0.717) is 23.1 Å². The van der Waals surface area contributed by atoms with Crippen molar-refractivity contribution in [3.05, 3.63) is 34.3 Å². The van der Waals surface area contributed by atoms with E-state index in [2.05, 4.69) is 4.98 Å². The molecule has 106 valence electrons. The van der Waals surface area contributed by atoms with Gasteiger partial charge in [0, 0.05) is 10.4 Å². The van der Waals surface area contributed by atoms with Crippen molar-refractivity contribution in [2.45, 2.75) is 13.3 Å². The number of ether oxygens (including phenoxy) is 2. The number of thiazole rings is 1. The largest absolute Gasteiger partial charge is 0.496 e. The van der Waals surface area contributed by atoms with E-state index in [9.17, 15) is 4.79 Å². The molecule has 0 aliphatic rings. The molecule has 0 bridgehead atoms. The smallest absolute Gasteiger partial charge is 0.311 e. The first-order chi connectivity index (χ1) is 9.63. The molecular formula is C14H14ClNO3S. The van der Waals surface area contributed by atoms with E-state index in [1.165, 1.54) is 11.3 Å². The third kappa shape index (κ3) is 3.49. The van der Waals surface area contributed by atoms with Gasteiger partial charge in [0.2, 0.25) is 0 Å². The molecule has 0 unspecified atom stereocenters. The first kappa shape index (κ1) is 14.8. The molecule has 0 atom stereocenters. The number of esters is 1. The Morgan fingerprint density at radius 1 is 1.45 bits per heavy atom. The lowest BCUT2D eigenvalue weighted by molar-refractivity contribution is -0.142. The van der Waals surface area contributed by atoms with Gasteiger partial charge in [-0.3, -0.25) is 4.79 Å². The van der Waals surface area contributed by atoms with Crippen LogP contribution in [0.4, 0.5) is 0 Å². The molecule has 2 rings (SSSR count). The van der Waals surface area contributed by atoms with Gasteiger partial charge in [-0.25, -0.2) is 4.98 Å². The minimum Gasteiger partial charge on any atom is -0.496 e. The molecule has 20 heavy (non-hydrogen) atoms. The Morgan fingerprint density at radius 3 is 2.95 bits per heavy atom. The summed E-state index contributed by atoms with van der Waals surface area (Å²) in [7, 11) is 1.59. The maximum atomic E-state index is 11.4. The standard InChI is InChI=1S/C14H14ClNO3S/c1-3-19-13(17)7-10-8-20-14(16-10)11-5-4-9(15)6-12(11)18-2/h4-6,8H,3,7H2,1-2H3. The van der Waals surface area contributed by atoms with Crippen molar-refractivity contribution in [3.63, 3.8) is 0 Å². The highest BCUT2D eigenvalue weighted by Crippen LogP contribution is 2.34. The van der Waals surface area contributed by atoms with E-state index >= 15 is 0 Å². The number of hydrogen-bond donors (Lipinski definition) is 0. The maximum absolute atomic E-state index is 11.4. The van der Waals surface area contributed by atoms with Crippen molar-refractivity contribution >= 4 is 28.9 Å². The molecule has 0 radical (unpaired) electrons. The van der Waals surface area contributed by atoms with Gasteiger partial charge >= 0.3 is 5.97 Å². The van der Waals surface area contributed by atoms with Crippen LogP contribution in [0.25, 0.3) is 10.6 Å². The molecule has 0 amide bonds. The van der Waals surface area contributed by atoms with E-state index in [0.717, 1.165) is 10.6 Å². The summed E-state index contributed by atoms with van der Waals surface area (Å²) < 4.78 is 10.2. The molecule has 1 aromatic carbocycles.